The van der Waals surface area contributed by atoms with Gasteiger partial charge in [-0.05, 0) is 44.9 Å². The quantitative estimate of drug-likeness (QED) is 0.0261. The normalized spacial score (nSPS) is 12.0. The highest BCUT2D eigenvalue weighted by molar-refractivity contribution is 5.71. The number of hydrogen-bond acceptors (Lipinski definition) is 6. The molecule has 480 valence electrons. The Labute approximate surface area is 507 Å². The zero-order valence-electron chi connectivity index (χ0n) is 55.4. The molecule has 6 heteroatoms. The Morgan fingerprint density at radius 1 is 0.235 bits per heavy atom. The van der Waals surface area contributed by atoms with Crippen LogP contribution < -0.4 is 0 Å². The number of esters is 3. The van der Waals surface area contributed by atoms with Crippen LogP contribution in [0.3, 0.4) is 0 Å². The van der Waals surface area contributed by atoms with Crippen molar-refractivity contribution < 1.29 is 28.6 Å². The van der Waals surface area contributed by atoms with E-state index in [1.807, 2.05) is 0 Å². The fourth-order valence-corrected chi connectivity index (χ4v) is 11.7. The van der Waals surface area contributed by atoms with E-state index in [4.69, 9.17) is 14.2 Å². The highest BCUT2D eigenvalue weighted by Crippen LogP contribution is 2.20. The summed E-state index contributed by atoms with van der Waals surface area (Å²) in [4.78, 5) is 38.1. The van der Waals surface area contributed by atoms with Crippen molar-refractivity contribution in [3.05, 3.63) is 12.2 Å². The van der Waals surface area contributed by atoms with Crippen LogP contribution in [0.1, 0.15) is 432 Å². The Hall–Kier alpha value is -1.85. The summed E-state index contributed by atoms with van der Waals surface area (Å²) in [5.41, 5.74) is 0. The number of allylic oxidation sites excluding steroid dienone is 2. The van der Waals surface area contributed by atoms with E-state index < -0.39 is 6.10 Å². The first-order valence-electron chi connectivity index (χ1n) is 37.2. The van der Waals surface area contributed by atoms with Crippen molar-refractivity contribution in [3.63, 3.8) is 0 Å². The smallest absolute Gasteiger partial charge is 0.306 e. The van der Waals surface area contributed by atoms with Gasteiger partial charge in [0, 0.05) is 19.3 Å². The molecule has 0 N–H and O–H groups in total. The summed E-state index contributed by atoms with van der Waals surface area (Å²) < 4.78 is 16.9. The molecule has 0 heterocycles. The standard InChI is InChI=1S/C75H144O6/c1-4-7-10-13-16-18-20-22-24-26-28-30-32-34-35-36-37-38-39-40-42-43-45-47-49-51-53-55-57-59-62-65-68-74(77)80-71-72(70-79-73(76)67-64-61-15-12-9-6-3)81-75(78)69-66-63-60-58-56-54-52-50-48-46-44-41-33-31-29-27-25-23-21-19-17-14-11-8-5-2/h27,29,72H,4-26,28,30-71H2,1-3H3/b29-27-. The molecule has 0 saturated carbocycles. The fraction of sp³-hybridized carbons (Fsp3) is 0.933. The van der Waals surface area contributed by atoms with Gasteiger partial charge >= 0.3 is 17.9 Å². The van der Waals surface area contributed by atoms with Crippen LogP contribution in [0, 0.1) is 0 Å². The van der Waals surface area contributed by atoms with Crippen LogP contribution in [-0.2, 0) is 28.6 Å². The molecular formula is C75H144O6. The lowest BCUT2D eigenvalue weighted by Gasteiger charge is -2.18. The SMILES string of the molecule is CCCCCCCCCC/C=C\CCCCCCCCCCCCCCCC(=O)OC(COC(=O)CCCCCCCC)COC(=O)CCCCCCCCCCCCCCCCCCCCCCCCCCCCCCCCCC. The van der Waals surface area contributed by atoms with Crippen molar-refractivity contribution in [3.8, 4) is 0 Å². The van der Waals surface area contributed by atoms with Crippen molar-refractivity contribution in [1.29, 1.82) is 0 Å². The molecular weight excluding hydrogens is 997 g/mol. The Morgan fingerprint density at radius 3 is 0.617 bits per heavy atom. The molecule has 0 radical (unpaired) electrons. The molecule has 1 atom stereocenters. The van der Waals surface area contributed by atoms with Crippen LogP contribution in [-0.4, -0.2) is 37.2 Å². The number of unbranched alkanes of at least 4 members (excludes halogenated alkanes) is 57. The van der Waals surface area contributed by atoms with Crippen LogP contribution in [0.2, 0.25) is 0 Å². The predicted octanol–water partition coefficient (Wildman–Crippen LogP) is 25.6. The first-order valence-corrected chi connectivity index (χ1v) is 37.2. The lowest BCUT2D eigenvalue weighted by molar-refractivity contribution is -0.167. The number of hydrogen-bond donors (Lipinski definition) is 0. The Kier molecular flexibility index (Phi) is 69.0. The van der Waals surface area contributed by atoms with Gasteiger partial charge in [0.1, 0.15) is 13.2 Å². The zero-order chi connectivity index (χ0) is 58.5. The first-order chi connectivity index (χ1) is 40.0. The molecule has 0 fully saturated rings. The minimum Gasteiger partial charge on any atom is -0.462 e. The van der Waals surface area contributed by atoms with Gasteiger partial charge in [-0.15, -0.1) is 0 Å². The average Bonchev–Trinajstić information content (AvgIpc) is 3.47. The molecule has 0 saturated heterocycles. The van der Waals surface area contributed by atoms with Crippen LogP contribution in [0.5, 0.6) is 0 Å². The van der Waals surface area contributed by atoms with Crippen LogP contribution >= 0.6 is 0 Å². The van der Waals surface area contributed by atoms with Crippen molar-refractivity contribution in [2.45, 2.75) is 438 Å². The maximum atomic E-state index is 12.9. The van der Waals surface area contributed by atoms with Gasteiger partial charge in [0.25, 0.3) is 0 Å². The molecule has 1 unspecified atom stereocenters. The second kappa shape index (κ2) is 70.6. The second-order valence-corrected chi connectivity index (χ2v) is 25.6. The molecule has 6 nitrogen and oxygen atoms in total. The molecule has 0 amide bonds. The molecule has 0 spiro atoms. The van der Waals surface area contributed by atoms with Gasteiger partial charge in [-0.25, -0.2) is 0 Å². The molecule has 0 aromatic heterocycles. The minimum absolute atomic E-state index is 0.0639. The molecule has 0 aliphatic rings. The summed E-state index contributed by atoms with van der Waals surface area (Å²) >= 11 is 0. The van der Waals surface area contributed by atoms with Gasteiger partial charge in [-0.3, -0.25) is 14.4 Å². The lowest BCUT2D eigenvalue weighted by Crippen LogP contribution is -2.30. The Balaban J connectivity index is 3.91. The van der Waals surface area contributed by atoms with Gasteiger partial charge < -0.3 is 14.2 Å². The summed E-state index contributed by atoms with van der Waals surface area (Å²) in [5, 5.41) is 0. The topological polar surface area (TPSA) is 78.9 Å². The largest absolute Gasteiger partial charge is 0.462 e. The van der Waals surface area contributed by atoms with Crippen LogP contribution in [0.4, 0.5) is 0 Å². The predicted molar refractivity (Wildman–Crippen MR) is 353 cm³/mol. The molecule has 0 rings (SSSR count). The van der Waals surface area contributed by atoms with E-state index in [0.29, 0.717) is 19.3 Å². The first kappa shape index (κ1) is 79.2. The van der Waals surface area contributed by atoms with Crippen molar-refractivity contribution >= 4 is 17.9 Å². The van der Waals surface area contributed by atoms with Gasteiger partial charge in [-0.2, -0.15) is 0 Å². The minimum atomic E-state index is -0.764. The average molecular weight is 1140 g/mol. The Morgan fingerprint density at radius 2 is 0.407 bits per heavy atom. The van der Waals surface area contributed by atoms with E-state index in [1.54, 1.807) is 0 Å². The molecule has 0 aliphatic heterocycles. The number of rotatable bonds is 70. The van der Waals surface area contributed by atoms with Gasteiger partial charge in [0.15, 0.2) is 6.10 Å². The maximum Gasteiger partial charge on any atom is 0.306 e. The molecule has 81 heavy (non-hydrogen) atoms. The highest BCUT2D eigenvalue weighted by Gasteiger charge is 2.20. The van der Waals surface area contributed by atoms with E-state index >= 15 is 0 Å². The van der Waals surface area contributed by atoms with E-state index in [9.17, 15) is 14.4 Å². The summed E-state index contributed by atoms with van der Waals surface area (Å²) in [5.74, 6) is -0.842. The third-order valence-corrected chi connectivity index (χ3v) is 17.3. The lowest BCUT2D eigenvalue weighted by atomic mass is 10.0. The summed E-state index contributed by atoms with van der Waals surface area (Å²) in [7, 11) is 0. The zero-order valence-corrected chi connectivity index (χ0v) is 55.4. The molecule has 0 aliphatic carbocycles. The van der Waals surface area contributed by atoms with Gasteiger partial charge in [0.2, 0.25) is 0 Å². The maximum absolute atomic E-state index is 12.9. The summed E-state index contributed by atoms with van der Waals surface area (Å²) in [6.07, 6.45) is 86.0. The third kappa shape index (κ3) is 68.8. The van der Waals surface area contributed by atoms with E-state index in [-0.39, 0.29) is 31.1 Å². The van der Waals surface area contributed by atoms with Crippen molar-refractivity contribution in [1.82, 2.24) is 0 Å². The summed E-state index contributed by atoms with van der Waals surface area (Å²) in [6, 6.07) is 0. The van der Waals surface area contributed by atoms with Gasteiger partial charge in [-0.1, -0.05) is 380 Å². The molecule has 0 aromatic rings. The van der Waals surface area contributed by atoms with E-state index in [1.165, 1.54) is 334 Å². The van der Waals surface area contributed by atoms with E-state index in [2.05, 4.69) is 32.9 Å². The van der Waals surface area contributed by atoms with E-state index in [0.717, 1.165) is 57.8 Å². The van der Waals surface area contributed by atoms with Gasteiger partial charge in [0.05, 0.1) is 0 Å². The monoisotopic (exact) mass is 1140 g/mol. The highest BCUT2D eigenvalue weighted by atomic mass is 16.6. The third-order valence-electron chi connectivity index (χ3n) is 17.3. The second-order valence-electron chi connectivity index (χ2n) is 25.6. The fourth-order valence-electron chi connectivity index (χ4n) is 11.7. The van der Waals surface area contributed by atoms with Crippen molar-refractivity contribution in [2.24, 2.45) is 0 Å². The molecule has 0 bridgehead atoms. The Bertz CT molecular complexity index is 1260. The van der Waals surface area contributed by atoms with Crippen LogP contribution in [0.15, 0.2) is 12.2 Å². The number of ether oxygens (including phenoxy) is 3. The molecule has 0 aromatic carbocycles. The van der Waals surface area contributed by atoms with Crippen LogP contribution in [0.25, 0.3) is 0 Å². The number of carbonyl (C=O) groups is 3. The van der Waals surface area contributed by atoms with Crippen molar-refractivity contribution in [2.75, 3.05) is 13.2 Å². The number of carbonyl (C=O) groups excluding carboxylic acids is 3. The summed E-state index contributed by atoms with van der Waals surface area (Å²) in [6.45, 7) is 6.67.